The van der Waals surface area contributed by atoms with Gasteiger partial charge in [-0.1, -0.05) is 6.92 Å². The van der Waals surface area contributed by atoms with Gasteiger partial charge in [0, 0.05) is 22.8 Å². The fourth-order valence-electron chi connectivity index (χ4n) is 1.80. The third-order valence-electron chi connectivity index (χ3n) is 2.62. The molecule has 0 spiro atoms. The van der Waals surface area contributed by atoms with Crippen LogP contribution in [0.4, 0.5) is 4.79 Å². The number of rotatable bonds is 3. The van der Waals surface area contributed by atoms with Crippen molar-refractivity contribution in [1.29, 1.82) is 0 Å². The zero-order valence-corrected chi connectivity index (χ0v) is 11.3. The molecule has 1 aromatic rings. The van der Waals surface area contributed by atoms with E-state index in [1.807, 2.05) is 6.92 Å². The standard InChI is InChI=1S/C11H12ClNO4S/c1-2-5-13-7-8-6-9(18(12,15)16)3-4-10(8)17-11(13)14/h3-4,6H,2,5,7H2,1H3. The lowest BCUT2D eigenvalue weighted by atomic mass is 10.1. The van der Waals surface area contributed by atoms with Crippen LogP contribution >= 0.6 is 10.7 Å². The SMILES string of the molecule is CCCN1Cc2cc(S(=O)(=O)Cl)ccc2OC1=O. The number of amides is 1. The highest BCUT2D eigenvalue weighted by Crippen LogP contribution is 2.29. The first-order valence-electron chi connectivity index (χ1n) is 5.46. The minimum atomic E-state index is -3.77. The summed E-state index contributed by atoms with van der Waals surface area (Å²) in [6, 6.07) is 4.21. The molecule has 0 aliphatic carbocycles. The molecule has 7 heteroatoms. The molecular weight excluding hydrogens is 278 g/mol. The van der Waals surface area contributed by atoms with Crippen molar-refractivity contribution in [2.45, 2.75) is 24.8 Å². The largest absolute Gasteiger partial charge is 0.415 e. The number of carbonyl (C=O) groups is 1. The van der Waals surface area contributed by atoms with Crippen LogP contribution in [0.1, 0.15) is 18.9 Å². The lowest BCUT2D eigenvalue weighted by Crippen LogP contribution is -2.37. The predicted molar refractivity (Wildman–Crippen MR) is 66.2 cm³/mol. The Kier molecular flexibility index (Phi) is 3.49. The Hall–Kier alpha value is -1.27. The van der Waals surface area contributed by atoms with E-state index < -0.39 is 15.1 Å². The minimum absolute atomic E-state index is 0.0114. The summed E-state index contributed by atoms with van der Waals surface area (Å²) in [7, 11) is 1.51. The number of nitrogens with zero attached hydrogens (tertiary/aromatic N) is 1. The molecule has 1 aromatic carbocycles. The van der Waals surface area contributed by atoms with Crippen molar-refractivity contribution < 1.29 is 17.9 Å². The van der Waals surface area contributed by atoms with Crippen LogP contribution in [0.3, 0.4) is 0 Å². The highest BCUT2D eigenvalue weighted by Gasteiger charge is 2.25. The molecule has 1 amide bonds. The third-order valence-corrected chi connectivity index (χ3v) is 3.98. The summed E-state index contributed by atoms with van der Waals surface area (Å²) in [5, 5.41) is 0. The van der Waals surface area contributed by atoms with E-state index in [0.717, 1.165) is 6.42 Å². The van der Waals surface area contributed by atoms with Gasteiger partial charge < -0.3 is 9.64 Å². The molecule has 0 fully saturated rings. The lowest BCUT2D eigenvalue weighted by Gasteiger charge is -2.27. The molecule has 98 valence electrons. The summed E-state index contributed by atoms with van der Waals surface area (Å²) in [4.78, 5) is 13.1. The zero-order chi connectivity index (χ0) is 13.3. The molecule has 18 heavy (non-hydrogen) atoms. The first-order chi connectivity index (χ1) is 8.41. The van der Waals surface area contributed by atoms with Crippen LogP contribution in [0.25, 0.3) is 0 Å². The number of benzene rings is 1. The van der Waals surface area contributed by atoms with Crippen molar-refractivity contribution in [1.82, 2.24) is 4.90 Å². The van der Waals surface area contributed by atoms with Crippen molar-refractivity contribution in [3.8, 4) is 5.75 Å². The highest BCUT2D eigenvalue weighted by atomic mass is 35.7. The highest BCUT2D eigenvalue weighted by molar-refractivity contribution is 8.13. The normalized spacial score (nSPS) is 15.2. The average Bonchev–Trinajstić information content (AvgIpc) is 2.28. The molecule has 1 aliphatic rings. The zero-order valence-electron chi connectivity index (χ0n) is 9.72. The van der Waals surface area contributed by atoms with Gasteiger partial charge in [0.1, 0.15) is 5.75 Å². The first kappa shape index (κ1) is 13.2. The van der Waals surface area contributed by atoms with Gasteiger partial charge in [0.2, 0.25) is 0 Å². The molecule has 0 atom stereocenters. The Morgan fingerprint density at radius 2 is 2.17 bits per heavy atom. The van der Waals surface area contributed by atoms with Gasteiger partial charge in [0.25, 0.3) is 9.05 Å². The summed E-state index contributed by atoms with van der Waals surface area (Å²) in [6.07, 6.45) is 0.392. The van der Waals surface area contributed by atoms with Gasteiger partial charge in [-0.05, 0) is 24.6 Å². The maximum absolute atomic E-state index is 11.6. The Labute approximate surface area is 110 Å². The van der Waals surface area contributed by atoms with E-state index in [0.29, 0.717) is 24.4 Å². The predicted octanol–water partition coefficient (Wildman–Crippen LogP) is 2.34. The van der Waals surface area contributed by atoms with Crippen LogP contribution in [0.2, 0.25) is 0 Å². The molecular formula is C11H12ClNO4S. The van der Waals surface area contributed by atoms with E-state index in [-0.39, 0.29) is 4.90 Å². The van der Waals surface area contributed by atoms with Crippen molar-refractivity contribution >= 4 is 25.8 Å². The summed E-state index contributed by atoms with van der Waals surface area (Å²) >= 11 is 0. The molecule has 5 nitrogen and oxygen atoms in total. The Balaban J connectivity index is 2.37. The first-order valence-corrected chi connectivity index (χ1v) is 7.77. The van der Waals surface area contributed by atoms with Crippen LogP contribution in [0.5, 0.6) is 5.75 Å². The minimum Gasteiger partial charge on any atom is -0.410 e. The second-order valence-corrected chi connectivity index (χ2v) is 6.56. The second kappa shape index (κ2) is 4.78. The van der Waals surface area contributed by atoms with Crippen molar-refractivity contribution in [2.75, 3.05) is 6.54 Å². The van der Waals surface area contributed by atoms with Crippen LogP contribution < -0.4 is 4.74 Å². The van der Waals surface area contributed by atoms with Gasteiger partial charge in [-0.2, -0.15) is 0 Å². The van der Waals surface area contributed by atoms with Crippen molar-refractivity contribution in [3.05, 3.63) is 23.8 Å². The summed E-state index contributed by atoms with van der Waals surface area (Å²) < 4.78 is 27.6. The van der Waals surface area contributed by atoms with E-state index in [4.69, 9.17) is 15.4 Å². The molecule has 0 bridgehead atoms. The lowest BCUT2D eigenvalue weighted by molar-refractivity contribution is 0.138. The van der Waals surface area contributed by atoms with Crippen LogP contribution in [-0.2, 0) is 15.6 Å². The molecule has 1 aliphatic heterocycles. The average molecular weight is 290 g/mol. The molecule has 0 aromatic heterocycles. The van der Waals surface area contributed by atoms with E-state index in [9.17, 15) is 13.2 Å². The molecule has 2 rings (SSSR count). The molecule has 0 radical (unpaired) electrons. The molecule has 0 saturated carbocycles. The third kappa shape index (κ3) is 2.59. The van der Waals surface area contributed by atoms with Gasteiger partial charge in [-0.15, -0.1) is 0 Å². The van der Waals surface area contributed by atoms with Crippen molar-refractivity contribution in [3.63, 3.8) is 0 Å². The van der Waals surface area contributed by atoms with E-state index in [1.54, 1.807) is 0 Å². The molecule has 1 heterocycles. The van der Waals surface area contributed by atoms with Gasteiger partial charge >= 0.3 is 6.09 Å². The topological polar surface area (TPSA) is 63.7 Å². The van der Waals surface area contributed by atoms with E-state index in [1.165, 1.54) is 23.1 Å². The van der Waals surface area contributed by atoms with Crippen LogP contribution in [0.15, 0.2) is 23.1 Å². The number of hydrogen-bond donors (Lipinski definition) is 0. The molecule has 0 N–H and O–H groups in total. The summed E-state index contributed by atoms with van der Waals surface area (Å²) in [5.41, 5.74) is 0.643. The molecule has 0 unspecified atom stereocenters. The smallest absolute Gasteiger partial charge is 0.410 e. The fourth-order valence-corrected chi connectivity index (χ4v) is 2.60. The summed E-state index contributed by atoms with van der Waals surface area (Å²) in [5.74, 6) is 0.386. The van der Waals surface area contributed by atoms with E-state index >= 15 is 0 Å². The maximum atomic E-state index is 11.6. The Bertz CT molecular complexity index is 585. The number of carbonyl (C=O) groups excluding carboxylic acids is 1. The Morgan fingerprint density at radius 3 is 2.78 bits per heavy atom. The van der Waals surface area contributed by atoms with Crippen LogP contribution in [-0.4, -0.2) is 26.0 Å². The van der Waals surface area contributed by atoms with Crippen LogP contribution in [0, 0.1) is 0 Å². The number of fused-ring (bicyclic) bond motifs is 1. The van der Waals surface area contributed by atoms with Gasteiger partial charge in [0.15, 0.2) is 0 Å². The van der Waals surface area contributed by atoms with Gasteiger partial charge in [-0.3, -0.25) is 0 Å². The monoisotopic (exact) mass is 289 g/mol. The molecule has 0 saturated heterocycles. The maximum Gasteiger partial charge on any atom is 0.415 e. The summed E-state index contributed by atoms with van der Waals surface area (Å²) in [6.45, 7) is 2.85. The Morgan fingerprint density at radius 1 is 1.44 bits per heavy atom. The number of ether oxygens (including phenoxy) is 1. The van der Waals surface area contributed by atoms with Crippen molar-refractivity contribution in [2.24, 2.45) is 0 Å². The quantitative estimate of drug-likeness (QED) is 0.801. The number of hydrogen-bond acceptors (Lipinski definition) is 4. The van der Waals surface area contributed by atoms with E-state index in [2.05, 4.69) is 0 Å². The second-order valence-electron chi connectivity index (χ2n) is 4.00. The number of halogens is 1. The fraction of sp³-hybridized carbons (Fsp3) is 0.364. The van der Waals surface area contributed by atoms with Gasteiger partial charge in [0.05, 0.1) is 11.4 Å². The van der Waals surface area contributed by atoms with Gasteiger partial charge in [-0.25, -0.2) is 13.2 Å².